The lowest BCUT2D eigenvalue weighted by atomic mass is 9.93. The average molecular weight is 346 g/mol. The van der Waals surface area contributed by atoms with Crippen molar-refractivity contribution in [1.82, 2.24) is 5.32 Å². The van der Waals surface area contributed by atoms with Crippen LogP contribution in [0.25, 0.3) is 0 Å². The highest BCUT2D eigenvalue weighted by molar-refractivity contribution is 6.33. The first-order chi connectivity index (χ1) is 11.3. The molecular formula is C20H24ClNO2. The summed E-state index contributed by atoms with van der Waals surface area (Å²) in [6, 6.07) is 11.1. The van der Waals surface area contributed by atoms with E-state index in [0.717, 1.165) is 22.4 Å². The molecule has 0 aliphatic rings. The molecule has 1 amide bonds. The lowest BCUT2D eigenvalue weighted by Crippen LogP contribution is -2.27. The molecule has 24 heavy (non-hydrogen) atoms. The van der Waals surface area contributed by atoms with Crippen LogP contribution in [0.2, 0.25) is 5.02 Å². The lowest BCUT2D eigenvalue weighted by Gasteiger charge is -2.21. The van der Waals surface area contributed by atoms with Crippen LogP contribution in [-0.4, -0.2) is 13.0 Å². The van der Waals surface area contributed by atoms with Gasteiger partial charge in [-0.05, 0) is 60.7 Å². The minimum Gasteiger partial charge on any atom is -0.496 e. The Bertz CT molecular complexity index is 740. The standard InChI is InChI=1S/C20H24ClNO2/c1-12(2)16-11-17(13(3)10-19(16)24-5)14(4)22-20(23)15-8-6-7-9-18(15)21/h6-12,14H,1-5H3,(H,22,23). The molecule has 0 aromatic heterocycles. The molecule has 0 radical (unpaired) electrons. The maximum atomic E-state index is 12.5. The van der Waals surface area contributed by atoms with E-state index in [9.17, 15) is 4.79 Å². The molecule has 0 spiro atoms. The number of benzene rings is 2. The van der Waals surface area contributed by atoms with Crippen molar-refractivity contribution in [1.29, 1.82) is 0 Å². The van der Waals surface area contributed by atoms with Gasteiger partial charge in [0.2, 0.25) is 0 Å². The molecule has 128 valence electrons. The SMILES string of the molecule is COc1cc(C)c(C(C)NC(=O)c2ccccc2Cl)cc1C(C)C. The summed E-state index contributed by atoms with van der Waals surface area (Å²) in [7, 11) is 1.68. The zero-order valence-electron chi connectivity index (χ0n) is 14.8. The number of hydrogen-bond donors (Lipinski definition) is 1. The van der Waals surface area contributed by atoms with E-state index >= 15 is 0 Å². The van der Waals surface area contributed by atoms with Gasteiger partial charge in [-0.3, -0.25) is 4.79 Å². The third-order valence-corrected chi connectivity index (χ3v) is 4.50. The Balaban J connectivity index is 2.29. The van der Waals surface area contributed by atoms with E-state index in [4.69, 9.17) is 16.3 Å². The third-order valence-electron chi connectivity index (χ3n) is 4.17. The van der Waals surface area contributed by atoms with Gasteiger partial charge in [-0.2, -0.15) is 0 Å². The predicted octanol–water partition coefficient (Wildman–Crippen LogP) is 5.27. The van der Waals surface area contributed by atoms with Crippen molar-refractivity contribution in [3.05, 3.63) is 63.7 Å². The molecule has 1 unspecified atom stereocenters. The number of methoxy groups -OCH3 is 1. The summed E-state index contributed by atoms with van der Waals surface area (Å²) < 4.78 is 5.48. The van der Waals surface area contributed by atoms with E-state index in [-0.39, 0.29) is 11.9 Å². The van der Waals surface area contributed by atoms with Crippen LogP contribution in [0.4, 0.5) is 0 Å². The van der Waals surface area contributed by atoms with Crippen LogP contribution < -0.4 is 10.1 Å². The maximum Gasteiger partial charge on any atom is 0.253 e. The topological polar surface area (TPSA) is 38.3 Å². The number of amides is 1. The van der Waals surface area contributed by atoms with Crippen molar-refractivity contribution in [3.63, 3.8) is 0 Å². The van der Waals surface area contributed by atoms with E-state index in [0.29, 0.717) is 16.5 Å². The van der Waals surface area contributed by atoms with Gasteiger partial charge in [-0.1, -0.05) is 37.6 Å². The summed E-state index contributed by atoms with van der Waals surface area (Å²) in [5.41, 5.74) is 3.79. The largest absolute Gasteiger partial charge is 0.496 e. The van der Waals surface area contributed by atoms with Crippen molar-refractivity contribution in [2.24, 2.45) is 0 Å². The zero-order valence-corrected chi connectivity index (χ0v) is 15.6. The number of rotatable bonds is 5. The van der Waals surface area contributed by atoms with E-state index in [1.54, 1.807) is 25.3 Å². The fourth-order valence-corrected chi connectivity index (χ4v) is 3.03. The smallest absolute Gasteiger partial charge is 0.253 e. The van der Waals surface area contributed by atoms with Crippen LogP contribution in [0.15, 0.2) is 36.4 Å². The van der Waals surface area contributed by atoms with Crippen LogP contribution >= 0.6 is 11.6 Å². The molecule has 2 rings (SSSR count). The predicted molar refractivity (Wildman–Crippen MR) is 99.2 cm³/mol. The lowest BCUT2D eigenvalue weighted by molar-refractivity contribution is 0.0940. The fraction of sp³-hybridized carbons (Fsp3) is 0.350. The summed E-state index contributed by atoms with van der Waals surface area (Å²) >= 11 is 6.11. The van der Waals surface area contributed by atoms with Gasteiger partial charge >= 0.3 is 0 Å². The molecule has 0 saturated carbocycles. The monoisotopic (exact) mass is 345 g/mol. The molecule has 0 aliphatic carbocycles. The normalized spacial score (nSPS) is 12.1. The highest BCUT2D eigenvalue weighted by Crippen LogP contribution is 2.32. The van der Waals surface area contributed by atoms with Crippen LogP contribution in [0.5, 0.6) is 5.75 Å². The van der Waals surface area contributed by atoms with Gasteiger partial charge in [0.25, 0.3) is 5.91 Å². The summed E-state index contributed by atoms with van der Waals surface area (Å²) in [6.07, 6.45) is 0. The highest BCUT2D eigenvalue weighted by atomic mass is 35.5. The summed E-state index contributed by atoms with van der Waals surface area (Å²) in [5, 5.41) is 3.49. The van der Waals surface area contributed by atoms with Gasteiger partial charge in [-0.25, -0.2) is 0 Å². The van der Waals surface area contributed by atoms with Gasteiger partial charge in [0.1, 0.15) is 5.75 Å². The Labute approximate surface area is 149 Å². The van der Waals surface area contributed by atoms with Crippen LogP contribution in [-0.2, 0) is 0 Å². The van der Waals surface area contributed by atoms with E-state index in [1.165, 1.54) is 0 Å². The number of ether oxygens (including phenoxy) is 1. The Morgan fingerprint density at radius 1 is 1.12 bits per heavy atom. The van der Waals surface area contributed by atoms with E-state index in [1.807, 2.05) is 26.0 Å². The van der Waals surface area contributed by atoms with Crippen molar-refractivity contribution in [3.8, 4) is 5.75 Å². The number of nitrogens with one attached hydrogen (secondary N) is 1. The molecule has 0 bridgehead atoms. The summed E-state index contributed by atoms with van der Waals surface area (Å²) in [4.78, 5) is 12.5. The number of aryl methyl sites for hydroxylation is 1. The van der Waals surface area contributed by atoms with Crippen molar-refractivity contribution >= 4 is 17.5 Å². The molecule has 2 aromatic carbocycles. The second-order valence-corrected chi connectivity index (χ2v) is 6.69. The molecular weight excluding hydrogens is 322 g/mol. The molecule has 0 fully saturated rings. The molecule has 0 saturated heterocycles. The molecule has 1 N–H and O–H groups in total. The molecule has 0 aliphatic heterocycles. The van der Waals surface area contributed by atoms with Crippen LogP contribution in [0.1, 0.15) is 59.8 Å². The molecule has 2 aromatic rings. The fourth-order valence-electron chi connectivity index (χ4n) is 2.81. The Kier molecular flexibility index (Phi) is 5.89. The third kappa shape index (κ3) is 3.90. The second kappa shape index (κ2) is 7.71. The zero-order chi connectivity index (χ0) is 17.9. The van der Waals surface area contributed by atoms with Gasteiger partial charge in [0.15, 0.2) is 0 Å². The number of carbonyl (C=O) groups is 1. The van der Waals surface area contributed by atoms with Crippen molar-refractivity contribution in [2.75, 3.05) is 7.11 Å². The summed E-state index contributed by atoms with van der Waals surface area (Å²) in [6.45, 7) is 8.27. The first-order valence-corrected chi connectivity index (χ1v) is 8.46. The highest BCUT2D eigenvalue weighted by Gasteiger charge is 2.18. The van der Waals surface area contributed by atoms with Crippen LogP contribution in [0, 0.1) is 6.92 Å². The van der Waals surface area contributed by atoms with Gasteiger partial charge < -0.3 is 10.1 Å². The Hall–Kier alpha value is -2.00. The van der Waals surface area contributed by atoms with Crippen LogP contribution in [0.3, 0.4) is 0 Å². The molecule has 3 nitrogen and oxygen atoms in total. The molecule has 4 heteroatoms. The van der Waals surface area contributed by atoms with E-state index < -0.39 is 0 Å². The van der Waals surface area contributed by atoms with Crippen molar-refractivity contribution < 1.29 is 9.53 Å². The maximum absolute atomic E-state index is 12.5. The minimum atomic E-state index is -0.172. The van der Waals surface area contributed by atoms with Gasteiger partial charge in [-0.15, -0.1) is 0 Å². The number of carbonyl (C=O) groups excluding carboxylic acids is 1. The average Bonchev–Trinajstić information content (AvgIpc) is 2.54. The second-order valence-electron chi connectivity index (χ2n) is 6.28. The Morgan fingerprint density at radius 2 is 1.79 bits per heavy atom. The van der Waals surface area contributed by atoms with Gasteiger partial charge in [0.05, 0.1) is 23.7 Å². The number of hydrogen-bond acceptors (Lipinski definition) is 2. The first kappa shape index (κ1) is 18.3. The quantitative estimate of drug-likeness (QED) is 0.801. The van der Waals surface area contributed by atoms with Gasteiger partial charge in [0, 0.05) is 0 Å². The molecule has 0 heterocycles. The Morgan fingerprint density at radius 3 is 2.38 bits per heavy atom. The number of halogens is 1. The minimum absolute atomic E-state index is 0.128. The molecule has 1 atom stereocenters. The first-order valence-electron chi connectivity index (χ1n) is 8.09. The van der Waals surface area contributed by atoms with E-state index in [2.05, 4.69) is 25.2 Å². The van der Waals surface area contributed by atoms with Crippen molar-refractivity contribution in [2.45, 2.75) is 39.7 Å². The summed E-state index contributed by atoms with van der Waals surface area (Å²) in [5.74, 6) is 1.05.